The number of hydrogen-bond acceptors (Lipinski definition) is 5. The summed E-state index contributed by atoms with van der Waals surface area (Å²) in [6.07, 6.45) is 9.98. The second-order valence-corrected chi connectivity index (χ2v) is 14.3. The molecule has 8 nitrogen and oxygen atoms in total. The Labute approximate surface area is 233 Å². The van der Waals surface area contributed by atoms with Gasteiger partial charge >= 0.3 is 12.1 Å². The molecule has 0 bridgehead atoms. The van der Waals surface area contributed by atoms with Crippen molar-refractivity contribution < 1.29 is 29.3 Å². The number of aliphatic hydroxyl groups is 1. The van der Waals surface area contributed by atoms with Crippen LogP contribution in [0.5, 0.6) is 0 Å². The van der Waals surface area contributed by atoms with Gasteiger partial charge in [-0.05, 0) is 113 Å². The lowest BCUT2D eigenvalue weighted by atomic mass is 9.47. The van der Waals surface area contributed by atoms with Crippen LogP contribution in [0.4, 0.5) is 4.79 Å². The Morgan fingerprint density at radius 3 is 2.49 bits per heavy atom. The SMILES string of the molecule is C[C@H](C(=O)NCC[C@H](NC(=O)OC(C)(C)C)C(=O)O)[C@H]1CC[C@H]2[C@@H]3CC=C4C[C@@H](O)CC[C@]4(C)[C@H]3CC[C@]12C. The number of rotatable bonds is 7. The van der Waals surface area contributed by atoms with E-state index in [1.807, 2.05) is 6.92 Å². The van der Waals surface area contributed by atoms with E-state index in [1.165, 1.54) is 12.0 Å². The summed E-state index contributed by atoms with van der Waals surface area (Å²) in [5, 5.41) is 25.1. The number of aliphatic hydroxyl groups excluding tert-OH is 1. The Hall–Kier alpha value is -2.09. The molecule has 8 heteroatoms. The van der Waals surface area contributed by atoms with Gasteiger partial charge in [0.05, 0.1) is 6.10 Å². The normalized spacial score (nSPS) is 37.3. The monoisotopic (exact) mass is 546 g/mol. The van der Waals surface area contributed by atoms with E-state index < -0.39 is 23.7 Å². The average molecular weight is 547 g/mol. The molecule has 0 aromatic rings. The van der Waals surface area contributed by atoms with Gasteiger partial charge in [-0.3, -0.25) is 4.79 Å². The zero-order chi connectivity index (χ0) is 28.8. The van der Waals surface area contributed by atoms with Gasteiger partial charge in [-0.25, -0.2) is 9.59 Å². The number of carboxylic acids is 1. The molecule has 0 spiro atoms. The van der Waals surface area contributed by atoms with Crippen LogP contribution in [0.1, 0.15) is 99.3 Å². The first-order chi connectivity index (χ1) is 18.2. The molecule has 3 saturated carbocycles. The summed E-state index contributed by atoms with van der Waals surface area (Å²) in [4.78, 5) is 37.0. The first kappa shape index (κ1) is 29.9. The lowest BCUT2D eigenvalue weighted by Crippen LogP contribution is -2.51. The van der Waals surface area contributed by atoms with E-state index >= 15 is 0 Å². The van der Waals surface area contributed by atoms with Crippen LogP contribution in [-0.4, -0.2) is 52.5 Å². The van der Waals surface area contributed by atoms with Crippen LogP contribution in [0, 0.1) is 40.4 Å². The molecular weight excluding hydrogens is 496 g/mol. The maximum absolute atomic E-state index is 13.3. The molecule has 220 valence electrons. The first-order valence-corrected chi connectivity index (χ1v) is 15.0. The second kappa shape index (κ2) is 11.1. The molecule has 39 heavy (non-hydrogen) atoms. The molecule has 0 unspecified atom stereocenters. The number of hydrogen-bond donors (Lipinski definition) is 4. The molecule has 0 aromatic carbocycles. The van der Waals surface area contributed by atoms with Crippen LogP contribution in [0.15, 0.2) is 11.6 Å². The first-order valence-electron chi connectivity index (χ1n) is 15.0. The van der Waals surface area contributed by atoms with E-state index in [1.54, 1.807) is 20.8 Å². The minimum absolute atomic E-state index is 0.0375. The lowest BCUT2D eigenvalue weighted by Gasteiger charge is -2.58. The quantitative estimate of drug-likeness (QED) is 0.331. The van der Waals surface area contributed by atoms with E-state index in [0.29, 0.717) is 23.7 Å². The Kier molecular flexibility index (Phi) is 8.47. The number of carbonyl (C=O) groups is 3. The van der Waals surface area contributed by atoms with Gasteiger partial charge in [0.25, 0.3) is 0 Å². The summed E-state index contributed by atoms with van der Waals surface area (Å²) in [5.41, 5.74) is 1.08. The van der Waals surface area contributed by atoms with Crippen LogP contribution in [0.25, 0.3) is 0 Å². The van der Waals surface area contributed by atoms with Gasteiger partial charge in [-0.2, -0.15) is 0 Å². The fourth-order valence-electron chi connectivity index (χ4n) is 8.89. The highest BCUT2D eigenvalue weighted by Gasteiger charge is 2.59. The third-order valence-corrected chi connectivity index (χ3v) is 10.9. The molecule has 0 saturated heterocycles. The molecule has 0 radical (unpaired) electrons. The number of allylic oxidation sites excluding steroid dienone is 1. The number of nitrogens with one attached hydrogen (secondary N) is 2. The molecule has 3 fully saturated rings. The van der Waals surface area contributed by atoms with Crippen molar-refractivity contribution in [1.82, 2.24) is 10.6 Å². The minimum Gasteiger partial charge on any atom is -0.480 e. The van der Waals surface area contributed by atoms with Gasteiger partial charge < -0.3 is 25.6 Å². The van der Waals surface area contributed by atoms with Crippen molar-refractivity contribution in [2.45, 2.75) is 117 Å². The molecular formula is C31H50N2O6. The van der Waals surface area contributed by atoms with Crippen molar-refractivity contribution in [2.24, 2.45) is 40.4 Å². The Balaban J connectivity index is 1.35. The number of carbonyl (C=O) groups excluding carboxylic acids is 2. The van der Waals surface area contributed by atoms with Crippen molar-refractivity contribution >= 4 is 18.0 Å². The van der Waals surface area contributed by atoms with Crippen LogP contribution in [0.2, 0.25) is 0 Å². The van der Waals surface area contributed by atoms with E-state index in [9.17, 15) is 24.6 Å². The molecule has 4 rings (SSSR count). The number of aliphatic carboxylic acids is 1. The lowest BCUT2D eigenvalue weighted by molar-refractivity contribution is -0.140. The van der Waals surface area contributed by atoms with Gasteiger partial charge in [0, 0.05) is 12.5 Å². The fourth-order valence-corrected chi connectivity index (χ4v) is 8.89. The van der Waals surface area contributed by atoms with E-state index in [0.717, 1.165) is 44.9 Å². The Bertz CT molecular complexity index is 988. The number of fused-ring (bicyclic) bond motifs is 5. The molecule has 2 amide bonds. The van der Waals surface area contributed by atoms with E-state index in [2.05, 4.69) is 30.6 Å². The van der Waals surface area contributed by atoms with Crippen LogP contribution in [-0.2, 0) is 14.3 Å². The van der Waals surface area contributed by atoms with Crippen molar-refractivity contribution in [3.63, 3.8) is 0 Å². The number of carboxylic acid groups (broad SMARTS) is 1. The van der Waals surface area contributed by atoms with E-state index in [-0.39, 0.29) is 41.7 Å². The van der Waals surface area contributed by atoms with Gasteiger partial charge in [0.1, 0.15) is 11.6 Å². The van der Waals surface area contributed by atoms with E-state index in [4.69, 9.17) is 4.74 Å². The number of alkyl carbamates (subject to hydrolysis) is 1. The van der Waals surface area contributed by atoms with Gasteiger partial charge in [0.15, 0.2) is 0 Å². The minimum atomic E-state index is -1.16. The summed E-state index contributed by atoms with van der Waals surface area (Å²) in [7, 11) is 0. The average Bonchev–Trinajstić information content (AvgIpc) is 3.19. The maximum atomic E-state index is 13.3. The number of ether oxygens (including phenoxy) is 1. The van der Waals surface area contributed by atoms with Crippen molar-refractivity contribution in [3.8, 4) is 0 Å². The highest BCUT2D eigenvalue weighted by atomic mass is 16.6. The second-order valence-electron chi connectivity index (χ2n) is 14.3. The van der Waals surface area contributed by atoms with Gasteiger partial charge in [-0.1, -0.05) is 32.4 Å². The standard InChI is InChI=1S/C31H50N2O6/c1-18(26(35)32-16-13-25(27(36)37)33-28(38)39-29(2,3)4)22-9-10-23-21-8-7-19-17-20(34)11-14-30(19,5)24(21)12-15-31(22,23)6/h7,18,20-25,34H,8-17H2,1-6H3,(H,32,35)(H,33,38)(H,36,37)/t18-,20-,21-,22+,23-,24-,25-,30-,31+/m0/s1. The van der Waals surface area contributed by atoms with Crippen LogP contribution in [0.3, 0.4) is 0 Å². The zero-order valence-corrected chi connectivity index (χ0v) is 24.7. The van der Waals surface area contributed by atoms with Crippen LogP contribution >= 0.6 is 0 Å². The summed E-state index contributed by atoms with van der Waals surface area (Å²) in [6, 6.07) is -1.13. The summed E-state index contributed by atoms with van der Waals surface area (Å²) in [6.45, 7) is 12.2. The molecule has 4 aliphatic carbocycles. The summed E-state index contributed by atoms with van der Waals surface area (Å²) in [5.74, 6) is 0.854. The molecule has 0 aliphatic heterocycles. The fraction of sp³-hybridized carbons (Fsp3) is 0.839. The zero-order valence-electron chi connectivity index (χ0n) is 24.7. The number of amides is 2. The van der Waals surface area contributed by atoms with Crippen LogP contribution < -0.4 is 10.6 Å². The molecule has 9 atom stereocenters. The molecule has 0 heterocycles. The summed E-state index contributed by atoms with van der Waals surface area (Å²) >= 11 is 0. The molecule has 4 N–H and O–H groups in total. The largest absolute Gasteiger partial charge is 0.480 e. The maximum Gasteiger partial charge on any atom is 0.408 e. The van der Waals surface area contributed by atoms with Gasteiger partial charge in [0.2, 0.25) is 5.91 Å². The van der Waals surface area contributed by atoms with Crippen molar-refractivity contribution in [3.05, 3.63) is 11.6 Å². The van der Waals surface area contributed by atoms with Gasteiger partial charge in [-0.15, -0.1) is 0 Å². The predicted molar refractivity (Wildman–Crippen MR) is 149 cm³/mol. The van der Waals surface area contributed by atoms with Crippen molar-refractivity contribution in [2.75, 3.05) is 6.54 Å². The smallest absolute Gasteiger partial charge is 0.408 e. The highest BCUT2D eigenvalue weighted by Crippen LogP contribution is 2.67. The third-order valence-electron chi connectivity index (χ3n) is 10.9. The molecule has 4 aliphatic rings. The molecule has 0 aromatic heterocycles. The Morgan fingerprint density at radius 1 is 1.10 bits per heavy atom. The summed E-state index contributed by atoms with van der Waals surface area (Å²) < 4.78 is 5.18. The highest BCUT2D eigenvalue weighted by molar-refractivity contribution is 5.81. The predicted octanol–water partition coefficient (Wildman–Crippen LogP) is 5.05. The third kappa shape index (κ3) is 6.01. The topological polar surface area (TPSA) is 125 Å². The Morgan fingerprint density at radius 2 is 1.82 bits per heavy atom. The van der Waals surface area contributed by atoms with Crippen molar-refractivity contribution in [1.29, 1.82) is 0 Å².